The number of hydrogen-bond acceptors (Lipinski definition) is 6. The van der Waals surface area contributed by atoms with E-state index in [2.05, 4.69) is 20.4 Å². The molecule has 0 saturated heterocycles. The number of aliphatic hydroxyl groups excluding tert-OH is 1. The molecule has 1 aromatic carbocycles. The van der Waals surface area contributed by atoms with E-state index in [0.717, 1.165) is 0 Å². The van der Waals surface area contributed by atoms with Gasteiger partial charge in [0, 0.05) is 34.7 Å². The van der Waals surface area contributed by atoms with Gasteiger partial charge in [0.1, 0.15) is 5.75 Å². The van der Waals surface area contributed by atoms with E-state index in [1.807, 2.05) is 6.20 Å². The number of benzene rings is 1. The summed E-state index contributed by atoms with van der Waals surface area (Å²) < 4.78 is 48.2. The highest BCUT2D eigenvalue weighted by atomic mass is 35.5. The predicted octanol–water partition coefficient (Wildman–Crippen LogP) is 3.20. The smallest absolute Gasteiger partial charge is 0.480 e. The van der Waals surface area contributed by atoms with Crippen LogP contribution in [-0.2, 0) is 15.1 Å². The first-order valence-corrected chi connectivity index (χ1v) is 11.5. The largest absolute Gasteiger partial charge is 0.522 e. The molecule has 1 aliphatic heterocycles. The molecule has 0 spiro atoms. The highest BCUT2D eigenvalue weighted by Gasteiger charge is 2.70. The van der Waals surface area contributed by atoms with Gasteiger partial charge in [0.2, 0.25) is 0 Å². The Bertz CT molecular complexity index is 1140. The van der Waals surface area contributed by atoms with Crippen molar-refractivity contribution in [3.8, 4) is 5.75 Å². The Kier molecular flexibility index (Phi) is 4.76. The van der Waals surface area contributed by atoms with Crippen molar-refractivity contribution < 1.29 is 32.5 Å². The molecule has 1 amide bonds. The minimum Gasteiger partial charge on any atom is -0.480 e. The lowest BCUT2D eigenvalue weighted by molar-refractivity contribution is -0.326. The molecule has 2 N–H and O–H groups in total. The van der Waals surface area contributed by atoms with Crippen molar-refractivity contribution in [2.24, 2.45) is 5.92 Å². The van der Waals surface area contributed by atoms with E-state index < -0.39 is 18.6 Å². The molecule has 2 heterocycles. The molecule has 7 rings (SSSR count). The summed E-state index contributed by atoms with van der Waals surface area (Å²) in [6, 6.07) is 4.94. The second kappa shape index (κ2) is 7.32. The van der Waals surface area contributed by atoms with Gasteiger partial charge >= 0.3 is 6.36 Å². The number of carbonyl (C=O) groups is 1. The van der Waals surface area contributed by atoms with Gasteiger partial charge in [0.05, 0.1) is 23.9 Å². The van der Waals surface area contributed by atoms with Crippen molar-refractivity contribution in [1.82, 2.24) is 20.3 Å². The molecule has 4 saturated carbocycles. The highest BCUT2D eigenvalue weighted by Crippen LogP contribution is 2.65. The number of halogens is 4. The van der Waals surface area contributed by atoms with E-state index in [1.165, 1.54) is 0 Å². The number of hydrogen-bond donors (Lipinski definition) is 2. The van der Waals surface area contributed by atoms with Gasteiger partial charge in [0.15, 0.2) is 6.10 Å². The van der Waals surface area contributed by atoms with Crippen LogP contribution in [0.2, 0.25) is 5.02 Å². The maximum absolute atomic E-state index is 12.9. The number of nitrogens with one attached hydrogen (secondary N) is 1. The topological polar surface area (TPSA) is 98.5 Å². The lowest BCUT2D eigenvalue weighted by atomic mass is 9.44. The third-order valence-corrected chi connectivity index (χ3v) is 7.72. The van der Waals surface area contributed by atoms with E-state index in [0.29, 0.717) is 47.7 Å². The van der Waals surface area contributed by atoms with Crippen LogP contribution in [0.25, 0.3) is 0 Å². The Morgan fingerprint density at radius 3 is 2.82 bits per heavy atom. The molecule has 0 radical (unpaired) electrons. The maximum Gasteiger partial charge on any atom is 0.522 e. The Morgan fingerprint density at radius 1 is 1.32 bits per heavy atom. The van der Waals surface area contributed by atoms with Crippen molar-refractivity contribution in [1.29, 1.82) is 0 Å². The van der Waals surface area contributed by atoms with Crippen LogP contribution in [0.4, 0.5) is 13.2 Å². The molecule has 4 fully saturated rings. The zero-order chi connectivity index (χ0) is 23.9. The molecule has 4 aliphatic carbocycles. The third-order valence-electron chi connectivity index (χ3n) is 7.48. The number of ether oxygens (including phenoxy) is 2. The molecule has 182 valence electrons. The molecule has 4 atom stereocenters. The predicted molar refractivity (Wildman–Crippen MR) is 111 cm³/mol. The average molecular weight is 499 g/mol. The normalized spacial score (nSPS) is 35.4. The lowest BCUT2D eigenvalue weighted by Crippen LogP contribution is -2.79. The van der Waals surface area contributed by atoms with Crippen molar-refractivity contribution in [2.75, 3.05) is 6.61 Å². The van der Waals surface area contributed by atoms with E-state index in [9.17, 15) is 23.1 Å². The zero-order valence-electron chi connectivity index (χ0n) is 17.9. The summed E-state index contributed by atoms with van der Waals surface area (Å²) in [6.45, 7) is -0.364. The third kappa shape index (κ3) is 3.74. The van der Waals surface area contributed by atoms with Gasteiger partial charge in [-0.2, -0.15) is 0 Å². The molecule has 8 nitrogen and oxygen atoms in total. The van der Waals surface area contributed by atoms with Crippen LogP contribution in [0, 0.1) is 5.92 Å². The van der Waals surface area contributed by atoms with Crippen molar-refractivity contribution in [2.45, 2.75) is 67.7 Å². The van der Waals surface area contributed by atoms with Gasteiger partial charge in [-0.15, -0.1) is 18.3 Å². The fourth-order valence-corrected chi connectivity index (χ4v) is 5.89. The summed E-state index contributed by atoms with van der Waals surface area (Å²) in [4.78, 5) is 12.9. The van der Waals surface area contributed by atoms with Crippen molar-refractivity contribution >= 4 is 17.5 Å². The Balaban J connectivity index is 1.03. The van der Waals surface area contributed by atoms with Gasteiger partial charge in [0.25, 0.3) is 5.91 Å². The molecule has 34 heavy (non-hydrogen) atoms. The second-order valence-electron chi connectivity index (χ2n) is 10.0. The van der Waals surface area contributed by atoms with Crippen LogP contribution in [0.1, 0.15) is 55.4 Å². The summed E-state index contributed by atoms with van der Waals surface area (Å²) in [5, 5.41) is 22.4. The first-order valence-electron chi connectivity index (χ1n) is 11.1. The van der Waals surface area contributed by atoms with Crippen LogP contribution >= 0.6 is 11.6 Å². The van der Waals surface area contributed by atoms with Gasteiger partial charge in [-0.3, -0.25) is 9.53 Å². The maximum atomic E-state index is 12.9. The molecule has 2 bridgehead atoms. The quantitative estimate of drug-likeness (QED) is 0.634. The van der Waals surface area contributed by atoms with Gasteiger partial charge in [-0.25, -0.2) is 4.68 Å². The van der Waals surface area contributed by atoms with Crippen molar-refractivity contribution in [3.05, 3.63) is 40.7 Å². The Labute approximate surface area is 197 Å². The average Bonchev–Trinajstić information content (AvgIpc) is 3.34. The van der Waals surface area contributed by atoms with E-state index in [1.54, 1.807) is 22.9 Å². The lowest BCUT2D eigenvalue weighted by Gasteiger charge is -2.69. The van der Waals surface area contributed by atoms with Crippen LogP contribution in [0.15, 0.2) is 24.4 Å². The first-order chi connectivity index (χ1) is 16.0. The zero-order valence-corrected chi connectivity index (χ0v) is 18.6. The summed E-state index contributed by atoms with van der Waals surface area (Å²) in [5.74, 6) is -0.0774. The van der Waals surface area contributed by atoms with Gasteiger partial charge in [-0.05, 0) is 49.8 Å². The van der Waals surface area contributed by atoms with E-state index >= 15 is 0 Å². The summed E-state index contributed by atoms with van der Waals surface area (Å²) in [7, 11) is 0. The van der Waals surface area contributed by atoms with Crippen LogP contribution in [0.5, 0.6) is 5.75 Å². The molecule has 1 aromatic heterocycles. The van der Waals surface area contributed by atoms with Crippen LogP contribution in [0.3, 0.4) is 0 Å². The number of alkyl halides is 3. The molecular formula is C22H22ClF3N4O4. The standard InChI is InChI=1S/C22H22ClF3N4O4/c23-12-1-2-17-14(4-12)16(31)5-18(34-17)19(32)27-20-8-21(9-20,10-20)30-6-15(28-29-30)13-3-11(13)7-33-22(24,25)26/h1-2,4,6,11,13,16,18,31H,3,5,7-10H2,(H,27,32)/t11-,13+,16+,18+,20?,21?/m0/s1. The minimum absolute atomic E-state index is 0.0650. The highest BCUT2D eigenvalue weighted by molar-refractivity contribution is 6.30. The van der Waals surface area contributed by atoms with Gasteiger partial charge < -0.3 is 15.2 Å². The number of aromatic nitrogens is 3. The Morgan fingerprint density at radius 2 is 2.09 bits per heavy atom. The molecule has 0 unspecified atom stereocenters. The molecular weight excluding hydrogens is 477 g/mol. The number of rotatable bonds is 6. The van der Waals surface area contributed by atoms with Crippen LogP contribution < -0.4 is 10.1 Å². The van der Waals surface area contributed by atoms with Crippen molar-refractivity contribution in [3.63, 3.8) is 0 Å². The van der Waals surface area contributed by atoms with E-state index in [-0.39, 0.29) is 41.8 Å². The molecule has 5 aliphatic rings. The number of fused-ring (bicyclic) bond motifs is 1. The summed E-state index contributed by atoms with van der Waals surface area (Å²) in [5.41, 5.74) is 0.704. The fraction of sp³-hybridized carbons (Fsp3) is 0.591. The number of nitrogens with zero attached hydrogens (tertiary/aromatic N) is 3. The summed E-state index contributed by atoms with van der Waals surface area (Å²) >= 11 is 5.98. The number of carbonyl (C=O) groups excluding carboxylic acids is 1. The van der Waals surface area contributed by atoms with Crippen LogP contribution in [-0.4, -0.2) is 50.6 Å². The van der Waals surface area contributed by atoms with E-state index in [4.69, 9.17) is 16.3 Å². The summed E-state index contributed by atoms with van der Waals surface area (Å²) in [6.07, 6.45) is -1.60. The van der Waals surface area contributed by atoms with Gasteiger partial charge in [-0.1, -0.05) is 16.8 Å². The second-order valence-corrected chi connectivity index (χ2v) is 10.4. The molecule has 12 heteroatoms. The first kappa shape index (κ1) is 22.1. The SMILES string of the molecule is O=C(NC12CC(n3cc([C@@H]4C[C@H]4COC(F)(F)F)nn3)(C1)C2)[C@H]1C[C@@H](O)c2cc(Cl)ccc2O1. The number of amides is 1. The minimum atomic E-state index is -4.62. The fourth-order valence-electron chi connectivity index (χ4n) is 5.70. The number of aliphatic hydroxyl groups is 1. The molecule has 2 aromatic rings. The monoisotopic (exact) mass is 498 g/mol. The Hall–Kier alpha value is -2.37.